The molecule has 0 unspecified atom stereocenters. The number of ether oxygens (including phenoxy) is 7. The molecular weight excluding hydrogens is 1800 g/mol. The highest BCUT2D eigenvalue weighted by Crippen LogP contribution is 2.50. The molecule has 132 heavy (non-hydrogen) atoms. The zero-order valence-electron chi connectivity index (χ0n) is 71.0. The van der Waals surface area contributed by atoms with Crippen molar-refractivity contribution < 1.29 is 136 Å². The molecule has 18 atom stereocenters. The molecule has 11 bridgehead atoms. The third kappa shape index (κ3) is 22.3. The Labute approximate surface area is 765 Å². The molecule has 0 saturated carbocycles. The lowest BCUT2D eigenvalue weighted by Gasteiger charge is -2.48. The van der Waals surface area contributed by atoms with Gasteiger partial charge in [-0.2, -0.15) is 4.98 Å². The third-order valence-corrected chi connectivity index (χ3v) is 23.8. The fraction of sp³-hybridized carbons (Fsp3) is 0.419. The molecule has 9 heterocycles. The highest BCUT2D eigenvalue weighted by molar-refractivity contribution is 6.32. The van der Waals surface area contributed by atoms with Gasteiger partial charge >= 0.3 is 5.69 Å². The summed E-state index contributed by atoms with van der Waals surface area (Å²) in [5, 5.41) is 130. The van der Waals surface area contributed by atoms with Gasteiger partial charge in [-0.3, -0.25) is 57.4 Å². The number of aromatic nitrogens is 2. The topological polar surface area (TPSA) is 611 Å². The summed E-state index contributed by atoms with van der Waals surface area (Å²) in [4.78, 5) is 171. The number of morpholine rings is 1. The van der Waals surface area contributed by atoms with Crippen LogP contribution in [0.5, 0.6) is 46.0 Å². The molecule has 706 valence electrons. The molecule has 21 N–H and O–H groups in total. The van der Waals surface area contributed by atoms with Crippen molar-refractivity contribution in [1.82, 2.24) is 62.5 Å². The van der Waals surface area contributed by atoms with E-state index in [4.69, 9.17) is 78.5 Å². The lowest BCUT2D eigenvalue weighted by molar-refractivity contribution is -0.334. The van der Waals surface area contributed by atoms with Crippen LogP contribution < -0.4 is 79.0 Å². The van der Waals surface area contributed by atoms with Crippen molar-refractivity contribution in [2.75, 3.05) is 58.4 Å². The van der Waals surface area contributed by atoms with E-state index in [1.165, 1.54) is 53.9 Å². The first kappa shape index (κ1) is 97.5. The number of amides is 10. The van der Waals surface area contributed by atoms with Crippen LogP contribution in [0.2, 0.25) is 15.1 Å². The van der Waals surface area contributed by atoms with Crippen LogP contribution in [0.3, 0.4) is 0 Å². The number of aliphatic hydroxyl groups excluding tert-OH is 6. The number of halogens is 4. The maximum absolute atomic E-state index is 16.4. The number of phenolic OH excluding ortho intramolecular Hbond substituents is 3. The third-order valence-electron chi connectivity index (χ3n) is 22.9. The molecule has 3 saturated heterocycles. The SMILES string of the molecule is CN[C@H](CC(C)C)C(=O)N[C@H]1C(=O)N[C@@H](CC(N)=O)C(=O)N[C@H]2C(=O)N[C@H]3C(=O)N[C@H](C(=O)N[C@@H](C(=O)NOCC(=O)N4CCOCC4)c4cc(O)cc(O)c4-c4cc3ccc4O)[C@H](O)c3ccc(c(Cl)c3)Oc3cc2cc(c3O[C@@H]2O[C@H](CO)[C@@H](O)[C@H](O)[C@H]2O[C@H]2C[C@](C)(NCCn3ccc(NC(=O)Cc4ccc(Cl)c(F)c4)nc3=O)[C@H](O)[C@H](C)O2)Oc2ccc(cc2Cl)[C@H]1O. The van der Waals surface area contributed by atoms with Crippen LogP contribution in [-0.4, -0.2) is 252 Å². The summed E-state index contributed by atoms with van der Waals surface area (Å²) in [5.41, 5.74) is 2.93. The maximum atomic E-state index is 16.4. The lowest BCUT2D eigenvalue weighted by Crippen LogP contribution is -2.65. The number of primary amides is 1. The van der Waals surface area contributed by atoms with Gasteiger partial charge in [0.1, 0.15) is 107 Å². The highest BCUT2D eigenvalue weighted by Gasteiger charge is 2.53. The molecule has 6 aromatic carbocycles. The van der Waals surface area contributed by atoms with Gasteiger partial charge in [0, 0.05) is 61.5 Å². The summed E-state index contributed by atoms with van der Waals surface area (Å²) in [7, 11) is 1.46. The molecular formula is C86H96Cl3FN14O28. The Morgan fingerprint density at radius 3 is 2.02 bits per heavy atom. The molecule has 8 aliphatic rings. The summed E-state index contributed by atoms with van der Waals surface area (Å²) in [6.45, 7) is 5.36. The van der Waals surface area contributed by atoms with E-state index in [2.05, 4.69) is 58.3 Å². The zero-order valence-corrected chi connectivity index (χ0v) is 73.3. The second-order valence-corrected chi connectivity index (χ2v) is 33.9. The van der Waals surface area contributed by atoms with Crippen LogP contribution >= 0.6 is 34.8 Å². The molecule has 42 nitrogen and oxygen atoms in total. The lowest BCUT2D eigenvalue weighted by atomic mass is 9.85. The van der Waals surface area contributed by atoms with E-state index in [0.717, 1.165) is 78.9 Å². The molecule has 0 spiro atoms. The Balaban J connectivity index is 0.935. The van der Waals surface area contributed by atoms with Crippen LogP contribution in [0.1, 0.15) is 111 Å². The van der Waals surface area contributed by atoms with E-state index in [1.807, 2.05) is 0 Å². The monoisotopic (exact) mass is 1900 g/mol. The summed E-state index contributed by atoms with van der Waals surface area (Å²) < 4.78 is 60.1. The Kier molecular flexibility index (Phi) is 30.9. The van der Waals surface area contributed by atoms with Crippen molar-refractivity contribution in [3.8, 4) is 57.1 Å². The van der Waals surface area contributed by atoms with Gasteiger partial charge in [0.25, 0.3) is 11.8 Å². The fourth-order valence-corrected chi connectivity index (χ4v) is 16.5. The number of benzene rings is 6. The fourth-order valence-electron chi connectivity index (χ4n) is 15.9. The molecule has 46 heteroatoms. The number of hydrogen-bond acceptors (Lipinski definition) is 31. The number of carbonyl (C=O) groups is 10. The van der Waals surface area contributed by atoms with Crippen molar-refractivity contribution in [3.05, 3.63) is 174 Å². The summed E-state index contributed by atoms with van der Waals surface area (Å²) in [6.07, 6.45) is -18.8. The predicted octanol–water partition coefficient (Wildman–Crippen LogP) is 0.790. The van der Waals surface area contributed by atoms with Crippen LogP contribution in [0.25, 0.3) is 11.1 Å². The van der Waals surface area contributed by atoms with Gasteiger partial charge in [-0.05, 0) is 139 Å². The Hall–Kier alpha value is -12.0. The number of aliphatic hydroxyl groups is 6. The largest absolute Gasteiger partial charge is 0.508 e. The van der Waals surface area contributed by atoms with Crippen molar-refractivity contribution in [2.45, 2.75) is 169 Å². The van der Waals surface area contributed by atoms with Crippen LogP contribution in [-0.2, 0) is 84.7 Å². The van der Waals surface area contributed by atoms with Gasteiger partial charge in [-0.15, -0.1) is 0 Å². The molecule has 8 aliphatic heterocycles. The molecule has 15 rings (SSSR count). The number of nitrogens with zero attached hydrogens (tertiary/aromatic N) is 3. The predicted molar refractivity (Wildman–Crippen MR) is 459 cm³/mol. The van der Waals surface area contributed by atoms with Gasteiger partial charge in [0.2, 0.25) is 59.3 Å². The number of anilines is 1. The molecule has 3 fully saturated rings. The Morgan fingerprint density at radius 2 is 1.38 bits per heavy atom. The Bertz CT molecular complexity index is 5640. The Morgan fingerprint density at radius 1 is 0.720 bits per heavy atom. The number of fused-ring (bicyclic) bond motifs is 15. The van der Waals surface area contributed by atoms with Crippen LogP contribution in [0.4, 0.5) is 10.2 Å². The molecule has 7 aromatic rings. The number of hydrogen-bond donors (Lipinski definition) is 20. The quantitative estimate of drug-likeness (QED) is 0.0394. The first-order chi connectivity index (χ1) is 62.8. The number of likely N-dealkylation sites (N-methyl/N-ethyl adjacent to an activating group) is 1. The average molecular weight is 1900 g/mol. The number of rotatable bonds is 23. The number of phenols is 3. The summed E-state index contributed by atoms with van der Waals surface area (Å²) in [5.74, 6) is -18.3. The van der Waals surface area contributed by atoms with Crippen LogP contribution in [0, 0.1) is 11.7 Å². The van der Waals surface area contributed by atoms with Crippen molar-refractivity contribution >= 4 is 99.7 Å². The van der Waals surface area contributed by atoms with Gasteiger partial charge in [0.15, 0.2) is 30.5 Å². The number of carbonyl (C=O) groups excluding carboxylic acids is 10. The standard InChI is InChI=1S/C86H96Cl3FN14O28/c1-36(2)22-50(92-5)77(117)100-68-70(112)40-8-12-54(47(88)26-40)128-56-28-42-29-57(74(56)132-84-75(73(115)72(114)58(34-105)130-84)131-63-33-86(4,76(116)37(3)127-63)93-15-17-104-16-14-60(96-85(104)124)95-61(110)24-38-6-10-46(87)49(90)23-38)129-55-13-9-41(27-48(55)89)71(113)69-82(122)99-67(83(123)102-126-35-62(111)103-18-20-125-21-19-103)45-30-43(106)31-53(108)64(45)44-25-39(7-11-52(44)107)65(79(119)101-69)98-80(120)66(42)97-78(118)51(32-59(91)109)94-81(68)121/h6-14,16,23,25-31,36-37,50-51,58,63,65-73,75-76,84,92-93,105-108,112-116H,15,17-22,24,32-35H2,1-5H3,(H2,91,109)(H,94,121)(H,97,118)(H,98,120)(H,99,122)(H,100,117)(H,101,119)(H,102,123)(H,95,96,110,124)/t37-,50+,51-,58+,63-,65+,66+,67+,68+,69-,70+,71+,72+,73-,75+,76+,84-,86-/m0/s1. The van der Waals surface area contributed by atoms with Crippen molar-refractivity contribution in [2.24, 2.45) is 11.7 Å². The van der Waals surface area contributed by atoms with E-state index in [1.54, 1.807) is 20.8 Å². The molecule has 10 amide bonds. The zero-order chi connectivity index (χ0) is 95.2. The number of nitrogens with one attached hydrogen (secondary N) is 10. The van der Waals surface area contributed by atoms with Gasteiger partial charge < -0.3 is 138 Å². The van der Waals surface area contributed by atoms with Crippen LogP contribution in [0.15, 0.2) is 114 Å². The van der Waals surface area contributed by atoms with E-state index in [9.17, 15) is 79.1 Å². The van der Waals surface area contributed by atoms with Crippen molar-refractivity contribution in [3.63, 3.8) is 0 Å². The normalized spacial score (nSPS) is 25.9. The molecule has 0 radical (unpaired) electrons. The minimum absolute atomic E-state index is 0.0725. The number of aromatic hydroxyl groups is 3. The van der Waals surface area contributed by atoms with Crippen molar-refractivity contribution in [1.29, 1.82) is 0 Å². The average Bonchev–Trinajstić information content (AvgIpc) is 0.760. The second-order valence-electron chi connectivity index (χ2n) is 32.7. The molecule has 1 aromatic heterocycles. The van der Waals surface area contributed by atoms with E-state index < -0.39 is 283 Å². The summed E-state index contributed by atoms with van der Waals surface area (Å²) >= 11 is 20.2. The minimum Gasteiger partial charge on any atom is -0.508 e. The minimum atomic E-state index is -2.43. The highest BCUT2D eigenvalue weighted by atomic mass is 35.5. The first-order valence-electron chi connectivity index (χ1n) is 41.5. The smallest absolute Gasteiger partial charge is 0.349 e. The second kappa shape index (κ2) is 41.8. The van der Waals surface area contributed by atoms with Gasteiger partial charge in [0.05, 0.1) is 66.0 Å². The number of hydroxylamine groups is 1. The van der Waals surface area contributed by atoms with E-state index in [-0.39, 0.29) is 86.5 Å². The first-order valence-corrected chi connectivity index (χ1v) is 42.7. The maximum Gasteiger partial charge on any atom is 0.349 e. The van der Waals surface area contributed by atoms with E-state index >= 15 is 24.0 Å². The van der Waals surface area contributed by atoms with Gasteiger partial charge in [-0.1, -0.05) is 72.9 Å². The molecule has 0 aliphatic carbocycles. The van der Waals surface area contributed by atoms with E-state index in [0.29, 0.717) is 5.56 Å². The van der Waals surface area contributed by atoms with Gasteiger partial charge in [-0.25, -0.2) is 14.7 Å². The summed E-state index contributed by atoms with van der Waals surface area (Å²) in [6, 6.07) is 4.03. The number of nitrogens with two attached hydrogens (primary N) is 1.